The predicted molar refractivity (Wildman–Crippen MR) is 92.7 cm³/mol. The molecule has 1 heterocycles. The van der Waals surface area contributed by atoms with E-state index in [1.165, 1.54) is 11.8 Å². The van der Waals surface area contributed by atoms with Crippen LogP contribution in [0.3, 0.4) is 0 Å². The Morgan fingerprint density at radius 3 is 1.86 bits per heavy atom. The van der Waals surface area contributed by atoms with Crippen LogP contribution in [0, 0.1) is 0 Å². The van der Waals surface area contributed by atoms with Gasteiger partial charge in [0.15, 0.2) is 5.82 Å². The van der Waals surface area contributed by atoms with Gasteiger partial charge in [-0.1, -0.05) is 53.3 Å². The average molecular weight is 319 g/mol. The van der Waals surface area contributed by atoms with E-state index >= 15 is 0 Å². The van der Waals surface area contributed by atoms with Crippen LogP contribution in [0.4, 0.5) is 0 Å². The molecule has 0 unspecified atom stereocenters. The van der Waals surface area contributed by atoms with E-state index in [-0.39, 0.29) is 10.8 Å². The van der Waals surface area contributed by atoms with Crippen molar-refractivity contribution in [3.8, 4) is 17.1 Å². The normalized spacial score (nSPS) is 12.7. The first-order valence-corrected chi connectivity index (χ1v) is 8.61. The smallest absolute Gasteiger partial charge is 0.208 e. The first kappa shape index (κ1) is 16.9. The van der Waals surface area contributed by atoms with Crippen molar-refractivity contribution in [1.82, 2.24) is 15.2 Å². The third-order valence-corrected chi connectivity index (χ3v) is 4.19. The number of phenols is 1. The van der Waals surface area contributed by atoms with Gasteiger partial charge in [-0.2, -0.15) is 0 Å². The number of aromatic hydroxyl groups is 1. The zero-order valence-corrected chi connectivity index (χ0v) is 15.2. The molecule has 4 nitrogen and oxygen atoms in total. The Bertz CT molecular complexity index is 643. The molecule has 0 bridgehead atoms. The largest absolute Gasteiger partial charge is 0.507 e. The van der Waals surface area contributed by atoms with Gasteiger partial charge in [0.05, 0.1) is 0 Å². The summed E-state index contributed by atoms with van der Waals surface area (Å²) in [7, 11) is 0. The summed E-state index contributed by atoms with van der Waals surface area (Å²) in [6, 6.07) is 4.02. The Labute approximate surface area is 136 Å². The summed E-state index contributed by atoms with van der Waals surface area (Å²) < 4.78 is 0. The summed E-state index contributed by atoms with van der Waals surface area (Å²) in [5.74, 6) is 1.12. The van der Waals surface area contributed by atoms with Crippen molar-refractivity contribution in [3.05, 3.63) is 23.3 Å². The van der Waals surface area contributed by atoms with Crippen molar-refractivity contribution in [3.63, 3.8) is 0 Å². The van der Waals surface area contributed by atoms with Crippen molar-refractivity contribution < 1.29 is 5.11 Å². The molecule has 0 amide bonds. The maximum absolute atomic E-state index is 10.7. The second-order valence-corrected chi connectivity index (χ2v) is 8.36. The van der Waals surface area contributed by atoms with E-state index in [2.05, 4.69) is 56.7 Å². The summed E-state index contributed by atoms with van der Waals surface area (Å²) in [6.45, 7) is 12.6. The molecule has 2 rings (SSSR count). The fraction of sp³-hybridized carbons (Fsp3) is 0.529. The Kier molecular flexibility index (Phi) is 4.30. The number of benzene rings is 1. The molecule has 0 aliphatic heterocycles. The SMILES string of the molecule is CSc1n[nH]c(-c2cc(C(C)(C)C)c(O)c(C(C)(C)C)c2)n1. The number of hydrogen-bond donors (Lipinski definition) is 2. The zero-order valence-electron chi connectivity index (χ0n) is 14.4. The molecule has 0 aliphatic rings. The molecule has 120 valence electrons. The number of nitrogens with one attached hydrogen (secondary N) is 1. The topological polar surface area (TPSA) is 61.8 Å². The molecule has 1 aromatic carbocycles. The molecule has 5 heteroatoms. The summed E-state index contributed by atoms with van der Waals surface area (Å²) in [5.41, 5.74) is 2.51. The third kappa shape index (κ3) is 3.29. The van der Waals surface area contributed by atoms with Crippen molar-refractivity contribution >= 4 is 11.8 Å². The van der Waals surface area contributed by atoms with Crippen molar-refractivity contribution in [2.75, 3.05) is 6.26 Å². The quantitative estimate of drug-likeness (QED) is 0.800. The van der Waals surface area contributed by atoms with E-state index in [4.69, 9.17) is 0 Å². The van der Waals surface area contributed by atoms with E-state index < -0.39 is 0 Å². The molecule has 2 aromatic rings. The van der Waals surface area contributed by atoms with Gasteiger partial charge in [0.2, 0.25) is 5.16 Å². The summed E-state index contributed by atoms with van der Waals surface area (Å²) in [6.07, 6.45) is 1.95. The lowest BCUT2D eigenvalue weighted by Gasteiger charge is -2.28. The van der Waals surface area contributed by atoms with Crippen LogP contribution in [0.15, 0.2) is 17.3 Å². The lowest BCUT2D eigenvalue weighted by Crippen LogP contribution is -2.17. The number of phenolic OH excluding ortho intramolecular Hbond substituents is 1. The number of hydrogen-bond acceptors (Lipinski definition) is 4. The van der Waals surface area contributed by atoms with E-state index in [0.29, 0.717) is 5.75 Å². The zero-order chi connectivity index (χ0) is 16.7. The fourth-order valence-corrected chi connectivity index (χ4v) is 2.70. The van der Waals surface area contributed by atoms with E-state index in [9.17, 15) is 5.11 Å². The number of H-pyrrole nitrogens is 1. The fourth-order valence-electron chi connectivity index (χ4n) is 2.38. The molecule has 0 fully saturated rings. The predicted octanol–water partition coefficient (Wildman–Crippen LogP) is 4.49. The Morgan fingerprint density at radius 2 is 1.50 bits per heavy atom. The number of aromatic amines is 1. The standard InChI is InChI=1S/C17H25N3OS/c1-16(2,3)11-8-10(14-18-15(22-7)20-19-14)9-12(13(11)21)17(4,5)6/h8-9,21H,1-7H3,(H,18,19,20). The minimum absolute atomic E-state index is 0.150. The van der Waals surface area contributed by atoms with Gasteiger partial charge in [-0.05, 0) is 29.2 Å². The lowest BCUT2D eigenvalue weighted by atomic mass is 9.78. The Hall–Kier alpha value is -1.49. The van der Waals surface area contributed by atoms with Crippen LogP contribution in [0.1, 0.15) is 52.7 Å². The highest BCUT2D eigenvalue weighted by atomic mass is 32.2. The number of rotatable bonds is 2. The number of thioether (sulfide) groups is 1. The summed E-state index contributed by atoms with van der Waals surface area (Å²) >= 11 is 1.50. The molecule has 0 spiro atoms. The second-order valence-electron chi connectivity index (χ2n) is 7.59. The van der Waals surface area contributed by atoms with Gasteiger partial charge < -0.3 is 5.11 Å². The van der Waals surface area contributed by atoms with Crippen molar-refractivity contribution in [2.24, 2.45) is 0 Å². The van der Waals surface area contributed by atoms with Crippen LogP contribution < -0.4 is 0 Å². The third-order valence-electron chi connectivity index (χ3n) is 3.65. The van der Waals surface area contributed by atoms with Crippen LogP contribution in [-0.2, 0) is 10.8 Å². The molecule has 1 aromatic heterocycles. The summed E-state index contributed by atoms with van der Waals surface area (Å²) in [4.78, 5) is 4.49. The van der Waals surface area contributed by atoms with Gasteiger partial charge >= 0.3 is 0 Å². The maximum atomic E-state index is 10.7. The van der Waals surface area contributed by atoms with Gasteiger partial charge in [-0.3, -0.25) is 5.10 Å². The minimum atomic E-state index is -0.150. The van der Waals surface area contributed by atoms with Crippen LogP contribution in [0.25, 0.3) is 11.4 Å². The molecule has 22 heavy (non-hydrogen) atoms. The molecular weight excluding hydrogens is 294 g/mol. The number of aromatic nitrogens is 3. The van der Waals surface area contributed by atoms with Gasteiger partial charge in [0.25, 0.3) is 0 Å². The molecule has 0 saturated heterocycles. The van der Waals surface area contributed by atoms with Crippen LogP contribution in [0.5, 0.6) is 5.75 Å². The lowest BCUT2D eigenvalue weighted by molar-refractivity contribution is 0.423. The Morgan fingerprint density at radius 1 is 1.00 bits per heavy atom. The highest BCUT2D eigenvalue weighted by Crippen LogP contribution is 2.41. The highest BCUT2D eigenvalue weighted by Gasteiger charge is 2.27. The molecule has 0 radical (unpaired) electrons. The van der Waals surface area contributed by atoms with Crippen LogP contribution in [0.2, 0.25) is 0 Å². The average Bonchev–Trinajstić information content (AvgIpc) is 2.85. The van der Waals surface area contributed by atoms with Crippen molar-refractivity contribution in [2.45, 2.75) is 57.5 Å². The Balaban J connectivity index is 2.70. The maximum Gasteiger partial charge on any atom is 0.208 e. The van der Waals surface area contributed by atoms with Gasteiger partial charge in [-0.15, -0.1) is 5.10 Å². The van der Waals surface area contributed by atoms with Gasteiger partial charge in [-0.25, -0.2) is 4.98 Å². The molecule has 0 saturated carbocycles. The monoisotopic (exact) mass is 319 g/mol. The van der Waals surface area contributed by atoms with Gasteiger partial charge in [0.1, 0.15) is 5.75 Å². The molecule has 0 atom stereocenters. The first-order valence-electron chi connectivity index (χ1n) is 7.39. The summed E-state index contributed by atoms with van der Waals surface area (Å²) in [5, 5.41) is 18.6. The van der Waals surface area contributed by atoms with Crippen LogP contribution in [-0.4, -0.2) is 26.5 Å². The highest BCUT2D eigenvalue weighted by molar-refractivity contribution is 7.98. The van der Waals surface area contributed by atoms with Crippen LogP contribution >= 0.6 is 11.8 Å². The van der Waals surface area contributed by atoms with E-state index in [1.54, 1.807) is 0 Å². The first-order chi connectivity index (χ1) is 10.0. The minimum Gasteiger partial charge on any atom is -0.507 e. The molecule has 2 N–H and O–H groups in total. The second kappa shape index (κ2) is 5.61. The van der Waals surface area contributed by atoms with E-state index in [0.717, 1.165) is 27.7 Å². The number of nitrogens with zero attached hydrogens (tertiary/aromatic N) is 2. The molecule has 0 aliphatic carbocycles. The van der Waals surface area contributed by atoms with Gasteiger partial charge in [0, 0.05) is 16.7 Å². The van der Waals surface area contributed by atoms with E-state index in [1.807, 2.05) is 18.4 Å². The molecular formula is C17H25N3OS. The van der Waals surface area contributed by atoms with Crippen molar-refractivity contribution in [1.29, 1.82) is 0 Å².